The molecule has 0 aliphatic rings. The normalized spacial score (nSPS) is 12.1. The highest BCUT2D eigenvalue weighted by Crippen LogP contribution is 2.40. The van der Waals surface area contributed by atoms with Crippen LogP contribution in [0.5, 0.6) is 0 Å². The maximum Gasteiger partial charge on any atom is -0.00176 e. The van der Waals surface area contributed by atoms with Crippen LogP contribution in [0, 0.1) is 13.8 Å². The van der Waals surface area contributed by atoms with Crippen molar-refractivity contribution in [3.05, 3.63) is 71.8 Å². The monoisotopic (exact) mass is 280 g/mol. The van der Waals surface area contributed by atoms with E-state index in [1.165, 1.54) is 54.2 Å². The Morgan fingerprint density at radius 3 is 2.18 bits per heavy atom. The molecule has 0 aliphatic heterocycles. The number of rotatable bonds is 0. The molecule has 0 saturated heterocycles. The van der Waals surface area contributed by atoms with E-state index in [1.807, 2.05) is 0 Å². The van der Waals surface area contributed by atoms with Crippen LogP contribution in [-0.4, -0.2) is 0 Å². The molecule has 0 nitrogen and oxygen atoms in total. The van der Waals surface area contributed by atoms with Crippen LogP contribution in [0.1, 0.15) is 11.1 Å². The zero-order valence-corrected chi connectivity index (χ0v) is 12.8. The minimum absolute atomic E-state index is 1.33. The standard InChI is InChI=1S/C22H16/c1-13-7-8-16-11-14(2)20-19-6-4-3-5-15(19)12-17-9-10-18(13)21(16)22(17)20/h3-12H,1-2H3. The molecular weight excluding hydrogens is 264 g/mol. The lowest BCUT2D eigenvalue weighted by Gasteiger charge is -2.16. The zero-order valence-electron chi connectivity index (χ0n) is 12.8. The van der Waals surface area contributed by atoms with Gasteiger partial charge < -0.3 is 0 Å². The Hall–Kier alpha value is -2.60. The molecule has 0 atom stereocenters. The average molecular weight is 280 g/mol. The van der Waals surface area contributed by atoms with Crippen LogP contribution < -0.4 is 0 Å². The highest BCUT2D eigenvalue weighted by atomic mass is 14.2. The van der Waals surface area contributed by atoms with E-state index in [4.69, 9.17) is 0 Å². The van der Waals surface area contributed by atoms with Crippen LogP contribution in [0.2, 0.25) is 0 Å². The van der Waals surface area contributed by atoms with Gasteiger partial charge in [-0.1, -0.05) is 54.6 Å². The summed E-state index contributed by atoms with van der Waals surface area (Å²) in [6.45, 7) is 4.44. The summed E-state index contributed by atoms with van der Waals surface area (Å²) in [5.41, 5.74) is 2.72. The molecule has 0 heteroatoms. The van der Waals surface area contributed by atoms with E-state index >= 15 is 0 Å². The summed E-state index contributed by atoms with van der Waals surface area (Å²) in [5, 5.41) is 11.0. The summed E-state index contributed by atoms with van der Waals surface area (Å²) in [6, 6.07) is 22.5. The van der Waals surface area contributed by atoms with Gasteiger partial charge >= 0.3 is 0 Å². The smallest absolute Gasteiger partial charge is 0.00176 e. The van der Waals surface area contributed by atoms with E-state index in [0.29, 0.717) is 0 Å². The van der Waals surface area contributed by atoms with Gasteiger partial charge in [-0.05, 0) is 74.1 Å². The molecule has 104 valence electrons. The lowest BCUT2D eigenvalue weighted by molar-refractivity contribution is 1.53. The third-order valence-electron chi connectivity index (χ3n) is 5.02. The van der Waals surface area contributed by atoms with Crippen molar-refractivity contribution in [2.75, 3.05) is 0 Å². The van der Waals surface area contributed by atoms with Gasteiger partial charge in [-0.15, -0.1) is 0 Å². The van der Waals surface area contributed by atoms with Crippen LogP contribution in [0.15, 0.2) is 60.7 Å². The summed E-state index contributed by atoms with van der Waals surface area (Å²) in [6.07, 6.45) is 0. The molecule has 0 amide bonds. The summed E-state index contributed by atoms with van der Waals surface area (Å²) in [4.78, 5) is 0. The first-order valence-corrected chi connectivity index (χ1v) is 7.80. The topological polar surface area (TPSA) is 0 Å². The van der Waals surface area contributed by atoms with Crippen molar-refractivity contribution in [1.29, 1.82) is 0 Å². The molecule has 0 saturated carbocycles. The Kier molecular flexibility index (Phi) is 2.17. The maximum atomic E-state index is 2.34. The molecule has 0 aliphatic carbocycles. The molecule has 0 heterocycles. The minimum Gasteiger partial charge on any atom is -0.0616 e. The minimum atomic E-state index is 1.33. The van der Waals surface area contributed by atoms with Crippen molar-refractivity contribution in [3.8, 4) is 0 Å². The average Bonchev–Trinajstić information content (AvgIpc) is 2.54. The number of hydrogen-bond donors (Lipinski definition) is 0. The van der Waals surface area contributed by atoms with Gasteiger partial charge in [-0.3, -0.25) is 0 Å². The predicted molar refractivity (Wildman–Crippen MR) is 97.1 cm³/mol. The lowest BCUT2D eigenvalue weighted by Crippen LogP contribution is -1.90. The molecule has 0 unspecified atom stereocenters. The Labute approximate surface area is 129 Å². The molecule has 0 fully saturated rings. The van der Waals surface area contributed by atoms with E-state index in [2.05, 4.69) is 74.5 Å². The third-order valence-corrected chi connectivity index (χ3v) is 5.02. The number of fused-ring (bicyclic) bond motifs is 2. The fraction of sp³-hybridized carbons (Fsp3) is 0.0909. The maximum absolute atomic E-state index is 2.34. The Bertz CT molecular complexity index is 1180. The van der Waals surface area contributed by atoms with Gasteiger partial charge in [-0.25, -0.2) is 0 Å². The molecule has 0 bridgehead atoms. The Morgan fingerprint density at radius 1 is 0.500 bits per heavy atom. The molecule has 0 aromatic heterocycles. The van der Waals surface area contributed by atoms with Crippen LogP contribution in [0.25, 0.3) is 43.1 Å². The fourth-order valence-electron chi connectivity index (χ4n) is 4.01. The zero-order chi connectivity index (χ0) is 14.8. The first-order valence-electron chi connectivity index (χ1n) is 7.80. The van der Waals surface area contributed by atoms with Crippen molar-refractivity contribution in [3.63, 3.8) is 0 Å². The molecule has 5 rings (SSSR count). The van der Waals surface area contributed by atoms with Crippen LogP contribution in [-0.2, 0) is 0 Å². The van der Waals surface area contributed by atoms with Gasteiger partial charge in [0.15, 0.2) is 0 Å². The second-order valence-electron chi connectivity index (χ2n) is 6.36. The molecule has 0 spiro atoms. The van der Waals surface area contributed by atoms with Gasteiger partial charge in [0.1, 0.15) is 0 Å². The quantitative estimate of drug-likeness (QED) is 0.229. The Morgan fingerprint density at radius 2 is 1.27 bits per heavy atom. The fourth-order valence-corrected chi connectivity index (χ4v) is 4.01. The molecule has 5 aromatic rings. The van der Waals surface area contributed by atoms with E-state index in [9.17, 15) is 0 Å². The summed E-state index contributed by atoms with van der Waals surface area (Å²) in [7, 11) is 0. The molecule has 5 aromatic carbocycles. The second kappa shape index (κ2) is 3.98. The summed E-state index contributed by atoms with van der Waals surface area (Å²) >= 11 is 0. The van der Waals surface area contributed by atoms with Gasteiger partial charge in [0.2, 0.25) is 0 Å². The second-order valence-corrected chi connectivity index (χ2v) is 6.36. The largest absolute Gasteiger partial charge is 0.0616 e. The first-order chi connectivity index (χ1) is 10.7. The lowest BCUT2D eigenvalue weighted by atomic mass is 9.87. The van der Waals surface area contributed by atoms with Gasteiger partial charge in [0.25, 0.3) is 0 Å². The van der Waals surface area contributed by atoms with Crippen LogP contribution in [0.4, 0.5) is 0 Å². The SMILES string of the molecule is Cc1ccc2cc(C)c3c4ccccc4cc4ccc1c2c43. The van der Waals surface area contributed by atoms with Crippen molar-refractivity contribution >= 4 is 43.1 Å². The summed E-state index contributed by atoms with van der Waals surface area (Å²) in [5.74, 6) is 0. The van der Waals surface area contributed by atoms with E-state index in [1.54, 1.807) is 0 Å². The third kappa shape index (κ3) is 1.37. The van der Waals surface area contributed by atoms with Gasteiger partial charge in [0, 0.05) is 0 Å². The molecule has 22 heavy (non-hydrogen) atoms. The highest BCUT2D eigenvalue weighted by Gasteiger charge is 2.13. The van der Waals surface area contributed by atoms with Crippen LogP contribution >= 0.6 is 0 Å². The van der Waals surface area contributed by atoms with Crippen molar-refractivity contribution in [1.82, 2.24) is 0 Å². The van der Waals surface area contributed by atoms with Crippen molar-refractivity contribution < 1.29 is 0 Å². The van der Waals surface area contributed by atoms with E-state index < -0.39 is 0 Å². The molecule has 0 N–H and O–H groups in total. The number of aryl methyl sites for hydroxylation is 2. The Balaban J connectivity index is 2.24. The molecule has 0 radical (unpaired) electrons. The van der Waals surface area contributed by atoms with Crippen molar-refractivity contribution in [2.45, 2.75) is 13.8 Å². The van der Waals surface area contributed by atoms with E-state index in [0.717, 1.165) is 0 Å². The van der Waals surface area contributed by atoms with Gasteiger partial charge in [-0.2, -0.15) is 0 Å². The van der Waals surface area contributed by atoms with Gasteiger partial charge in [0.05, 0.1) is 0 Å². The first kappa shape index (κ1) is 12.0. The number of hydrogen-bond acceptors (Lipinski definition) is 0. The number of benzene rings is 5. The highest BCUT2D eigenvalue weighted by molar-refractivity contribution is 6.30. The molecular formula is C22H16. The summed E-state index contributed by atoms with van der Waals surface area (Å²) < 4.78 is 0. The van der Waals surface area contributed by atoms with E-state index in [-0.39, 0.29) is 0 Å². The van der Waals surface area contributed by atoms with Crippen molar-refractivity contribution in [2.24, 2.45) is 0 Å². The van der Waals surface area contributed by atoms with Crippen LogP contribution in [0.3, 0.4) is 0 Å². The predicted octanol–water partition coefficient (Wildman–Crippen LogP) is 6.35.